The van der Waals surface area contributed by atoms with Crippen molar-refractivity contribution in [2.24, 2.45) is 4.99 Å². The Bertz CT molecular complexity index is 3410. The first-order valence-corrected chi connectivity index (χ1v) is 19.7. The largest absolute Gasteiger partial charge is 0.307 e. The molecular weight excluding hydrogens is 695 g/mol. The summed E-state index contributed by atoms with van der Waals surface area (Å²) in [5.41, 5.74) is 13.2. The lowest BCUT2D eigenvalue weighted by molar-refractivity contribution is 1.02. The van der Waals surface area contributed by atoms with Crippen molar-refractivity contribution in [1.82, 2.24) is 18.7 Å². The van der Waals surface area contributed by atoms with Gasteiger partial charge in [-0.2, -0.15) is 0 Å². The minimum Gasteiger partial charge on any atom is -0.307 e. The second kappa shape index (κ2) is 12.5. The number of aromatic nitrogens is 4. The lowest BCUT2D eigenvalue weighted by Gasteiger charge is -2.16. The van der Waals surface area contributed by atoms with Crippen LogP contribution in [-0.4, -0.2) is 24.4 Å². The molecule has 0 atom stereocenters. The molecule has 0 fully saturated rings. The molecule has 0 radical (unpaired) electrons. The maximum absolute atomic E-state index is 5.31. The van der Waals surface area contributed by atoms with Crippen molar-refractivity contribution in [3.8, 4) is 22.6 Å². The Morgan fingerprint density at radius 3 is 1.51 bits per heavy atom. The van der Waals surface area contributed by atoms with Gasteiger partial charge in [-0.3, -0.25) is 4.57 Å². The van der Waals surface area contributed by atoms with E-state index < -0.39 is 0 Å². The van der Waals surface area contributed by atoms with E-state index in [1.54, 1.807) is 0 Å². The summed E-state index contributed by atoms with van der Waals surface area (Å²) in [5, 5.41) is 7.41. The number of rotatable bonds is 5. The Balaban J connectivity index is 1.02. The third kappa shape index (κ3) is 4.82. The molecule has 12 rings (SSSR count). The number of fused-ring (bicyclic) bond motifs is 10. The number of hydrogen-bond acceptors (Lipinski definition) is 2. The molecule has 0 aliphatic carbocycles. The van der Waals surface area contributed by atoms with Crippen molar-refractivity contribution in [2.75, 3.05) is 0 Å². The van der Waals surface area contributed by atoms with Gasteiger partial charge in [-0.05, 0) is 79.6 Å². The number of para-hydroxylation sites is 5. The van der Waals surface area contributed by atoms with E-state index in [0.717, 1.165) is 52.7 Å². The number of hydrogen-bond donors (Lipinski definition) is 0. The maximum Gasteiger partial charge on any atom is 0.133 e. The van der Waals surface area contributed by atoms with E-state index in [9.17, 15) is 0 Å². The van der Waals surface area contributed by atoms with Gasteiger partial charge in [-0.15, -0.1) is 0 Å². The molecule has 0 amide bonds. The quantitative estimate of drug-likeness (QED) is 0.174. The monoisotopic (exact) mass is 729 g/mol. The van der Waals surface area contributed by atoms with Crippen LogP contribution in [0.2, 0.25) is 0 Å². The van der Waals surface area contributed by atoms with Crippen LogP contribution in [0.15, 0.2) is 193 Å². The minimum absolute atomic E-state index is 0.837. The molecule has 0 spiro atoms. The summed E-state index contributed by atoms with van der Waals surface area (Å²) in [6.45, 7) is 0. The van der Waals surface area contributed by atoms with Crippen molar-refractivity contribution >= 4 is 77.0 Å². The van der Waals surface area contributed by atoms with Crippen LogP contribution in [0, 0.1) is 0 Å². The summed E-state index contributed by atoms with van der Waals surface area (Å²) in [6, 6.07) is 65.3. The zero-order chi connectivity index (χ0) is 37.5. The molecule has 268 valence electrons. The molecule has 7 aromatic carbocycles. The molecule has 0 N–H and O–H groups in total. The fourth-order valence-electron chi connectivity index (χ4n) is 9.25. The van der Waals surface area contributed by atoms with Gasteiger partial charge in [0.1, 0.15) is 5.82 Å². The van der Waals surface area contributed by atoms with Crippen LogP contribution in [-0.2, 0) is 0 Å². The smallest absolute Gasteiger partial charge is 0.133 e. The van der Waals surface area contributed by atoms with E-state index >= 15 is 0 Å². The number of aliphatic imine (C=N–C) groups is 1. The lowest BCUT2D eigenvalue weighted by atomic mass is 10.1. The first-order chi connectivity index (χ1) is 28.3. The predicted octanol–water partition coefficient (Wildman–Crippen LogP) is 13.1. The fraction of sp³-hybridized carbons (Fsp3) is 0.0385. The predicted molar refractivity (Wildman–Crippen MR) is 238 cm³/mol. The van der Waals surface area contributed by atoms with Gasteiger partial charge >= 0.3 is 0 Å². The van der Waals surface area contributed by atoms with E-state index in [2.05, 4.69) is 202 Å². The summed E-state index contributed by atoms with van der Waals surface area (Å²) in [4.78, 5) is 10.6. The highest BCUT2D eigenvalue weighted by Gasteiger charge is 2.22. The Morgan fingerprint density at radius 2 is 0.877 bits per heavy atom. The van der Waals surface area contributed by atoms with E-state index in [-0.39, 0.29) is 0 Å². The highest BCUT2D eigenvalue weighted by atomic mass is 15.1. The Hall–Kier alpha value is -7.50. The summed E-state index contributed by atoms with van der Waals surface area (Å²) >= 11 is 0. The average molecular weight is 730 g/mol. The van der Waals surface area contributed by atoms with Crippen LogP contribution in [0.4, 0.5) is 0 Å². The highest BCUT2D eigenvalue weighted by molar-refractivity contribution is 6.24. The molecule has 57 heavy (non-hydrogen) atoms. The molecule has 4 aromatic heterocycles. The highest BCUT2D eigenvalue weighted by Crippen LogP contribution is 2.42. The third-order valence-electron chi connectivity index (χ3n) is 11.7. The Labute approximate surface area is 328 Å². The molecule has 1 aliphatic rings. The normalized spacial score (nSPS) is 13.3. The Morgan fingerprint density at radius 1 is 0.386 bits per heavy atom. The molecule has 0 saturated carbocycles. The summed E-state index contributed by atoms with van der Waals surface area (Å²) < 4.78 is 7.19. The zero-order valence-electron chi connectivity index (χ0n) is 31.0. The first-order valence-electron chi connectivity index (χ1n) is 19.7. The molecule has 5 nitrogen and oxygen atoms in total. The van der Waals surface area contributed by atoms with Crippen LogP contribution in [0.25, 0.3) is 93.9 Å². The topological polar surface area (TPSA) is 40.0 Å². The zero-order valence-corrected chi connectivity index (χ0v) is 31.0. The van der Waals surface area contributed by atoms with Crippen molar-refractivity contribution in [3.05, 3.63) is 194 Å². The molecule has 0 bridgehead atoms. The summed E-state index contributed by atoms with van der Waals surface area (Å²) in [7, 11) is 0. The van der Waals surface area contributed by atoms with E-state index in [1.807, 2.05) is 0 Å². The maximum atomic E-state index is 5.31. The van der Waals surface area contributed by atoms with Crippen molar-refractivity contribution in [2.45, 2.75) is 12.8 Å². The van der Waals surface area contributed by atoms with Crippen LogP contribution < -0.4 is 0 Å². The minimum atomic E-state index is 0.837. The molecular formula is C52H35N5. The molecule has 5 heterocycles. The van der Waals surface area contributed by atoms with Gasteiger partial charge in [0.05, 0.1) is 50.2 Å². The van der Waals surface area contributed by atoms with E-state index in [4.69, 9.17) is 9.98 Å². The molecule has 0 saturated heterocycles. The van der Waals surface area contributed by atoms with Gasteiger partial charge < -0.3 is 9.13 Å². The number of nitrogens with zero attached hydrogens (tertiary/aromatic N) is 5. The molecule has 1 aliphatic heterocycles. The van der Waals surface area contributed by atoms with Gasteiger partial charge in [0.25, 0.3) is 0 Å². The van der Waals surface area contributed by atoms with Crippen LogP contribution in [0.3, 0.4) is 0 Å². The van der Waals surface area contributed by atoms with Crippen LogP contribution in [0.1, 0.15) is 18.5 Å². The van der Waals surface area contributed by atoms with Crippen LogP contribution in [0.5, 0.6) is 0 Å². The fourth-order valence-corrected chi connectivity index (χ4v) is 9.25. The van der Waals surface area contributed by atoms with Gasteiger partial charge in [0.2, 0.25) is 0 Å². The molecule has 11 aromatic rings. The van der Waals surface area contributed by atoms with Gasteiger partial charge in [-0.25, -0.2) is 9.98 Å². The summed E-state index contributed by atoms with van der Waals surface area (Å²) in [5.74, 6) is 0.952. The average Bonchev–Trinajstić information content (AvgIpc) is 3.93. The first kappa shape index (κ1) is 31.8. The van der Waals surface area contributed by atoms with Gasteiger partial charge in [0.15, 0.2) is 0 Å². The number of benzene rings is 7. The lowest BCUT2D eigenvalue weighted by Crippen LogP contribution is -2.10. The van der Waals surface area contributed by atoms with Crippen molar-refractivity contribution < 1.29 is 0 Å². The van der Waals surface area contributed by atoms with Crippen molar-refractivity contribution in [1.29, 1.82) is 0 Å². The second-order valence-electron chi connectivity index (χ2n) is 14.9. The van der Waals surface area contributed by atoms with Gasteiger partial charge in [0, 0.05) is 49.3 Å². The van der Waals surface area contributed by atoms with Crippen molar-refractivity contribution in [3.63, 3.8) is 0 Å². The van der Waals surface area contributed by atoms with E-state index in [0.29, 0.717) is 0 Å². The van der Waals surface area contributed by atoms with Crippen LogP contribution >= 0.6 is 0 Å². The van der Waals surface area contributed by atoms with Gasteiger partial charge in [-0.1, -0.05) is 121 Å². The van der Waals surface area contributed by atoms with E-state index in [1.165, 1.54) is 65.4 Å². The number of allylic oxidation sites excluding steroid dienone is 1. The standard InChI is InChI=1S/C52H35N5/c1-2-16-35(17-3-1)55-46-26-8-6-21-39(46)41-31-32-42-40-22-7-9-27-47(40)56(52(42)51(41)55)36-18-12-15-34(33-36)43-23-13-24-44(53-43)45-25-14-30-50(54-45)57-48-28-10-4-19-37(48)38-20-5-11-29-49(38)57/h1-13,15-24,26-33H,14,25H2. The molecule has 0 unspecified atom stereocenters. The SMILES string of the molecule is C1=C(n2c3ccccc3c3ccccc32)N=C(c2cccc(-c3cccc(-n4c5ccccc5c5ccc6c7ccccc7n(-c7ccccc7)c6c54)c3)n2)CC1. The molecule has 5 heteroatoms. The Kier molecular flexibility index (Phi) is 6.99. The number of pyridine rings is 1. The third-order valence-corrected chi connectivity index (χ3v) is 11.7. The second-order valence-corrected chi connectivity index (χ2v) is 14.9. The summed E-state index contributed by atoms with van der Waals surface area (Å²) in [6.07, 6.45) is 4.00.